The lowest BCUT2D eigenvalue weighted by Gasteiger charge is -2.20. The van der Waals surface area contributed by atoms with Crippen molar-refractivity contribution in [3.63, 3.8) is 0 Å². The van der Waals surface area contributed by atoms with Crippen molar-refractivity contribution >= 4 is 5.69 Å². The molecule has 0 saturated heterocycles. The molecule has 1 aliphatic carbocycles. The Kier molecular flexibility index (Phi) is 3.15. The van der Waals surface area contributed by atoms with Gasteiger partial charge in [0.25, 0.3) is 0 Å². The third-order valence-corrected chi connectivity index (χ3v) is 3.39. The molecule has 2 unspecified atom stereocenters. The van der Waals surface area contributed by atoms with Gasteiger partial charge in [-0.1, -0.05) is 13.0 Å². The average Bonchev–Trinajstić information content (AvgIpc) is 2.93. The van der Waals surface area contributed by atoms with E-state index in [1.54, 1.807) is 12.1 Å². The highest BCUT2D eigenvalue weighted by Gasteiger charge is 2.33. The van der Waals surface area contributed by atoms with E-state index in [4.69, 9.17) is 5.11 Å². The molecule has 1 saturated carbocycles. The van der Waals surface area contributed by atoms with E-state index in [0.29, 0.717) is 17.2 Å². The van der Waals surface area contributed by atoms with Crippen molar-refractivity contribution in [1.29, 1.82) is 0 Å². The highest BCUT2D eigenvalue weighted by atomic mass is 19.1. The third kappa shape index (κ3) is 2.35. The minimum absolute atomic E-state index is 0.111. The number of anilines is 1. The standard InChI is InChI=1S/C13H18FNO/c1-9-5-11(9)7-15(2)13-4-3-10(8-16)6-12(13)14/h3-4,6,9,11,16H,5,7-8H2,1-2H3. The SMILES string of the molecule is CC1CC1CN(C)c1ccc(CO)cc1F. The summed E-state index contributed by atoms with van der Waals surface area (Å²) in [7, 11) is 1.92. The van der Waals surface area contributed by atoms with Crippen LogP contribution in [0.2, 0.25) is 0 Å². The van der Waals surface area contributed by atoms with E-state index in [9.17, 15) is 4.39 Å². The van der Waals surface area contributed by atoms with Gasteiger partial charge in [0.1, 0.15) is 5.82 Å². The van der Waals surface area contributed by atoms with Crippen LogP contribution in [-0.4, -0.2) is 18.7 Å². The second-order valence-corrected chi connectivity index (χ2v) is 4.80. The fourth-order valence-corrected chi connectivity index (χ4v) is 2.06. The van der Waals surface area contributed by atoms with Gasteiger partial charge in [-0.15, -0.1) is 0 Å². The summed E-state index contributed by atoms with van der Waals surface area (Å²) in [4.78, 5) is 1.96. The molecule has 2 atom stereocenters. The van der Waals surface area contributed by atoms with Crippen LogP contribution in [0.15, 0.2) is 18.2 Å². The maximum absolute atomic E-state index is 13.7. The van der Waals surface area contributed by atoms with E-state index in [1.807, 2.05) is 11.9 Å². The highest BCUT2D eigenvalue weighted by molar-refractivity contribution is 5.48. The number of hydrogen-bond donors (Lipinski definition) is 1. The van der Waals surface area contributed by atoms with Crippen LogP contribution in [0.1, 0.15) is 18.9 Å². The summed E-state index contributed by atoms with van der Waals surface area (Å²) in [6.07, 6.45) is 1.25. The Morgan fingerprint density at radius 2 is 2.19 bits per heavy atom. The minimum atomic E-state index is -0.248. The van der Waals surface area contributed by atoms with Crippen molar-refractivity contribution in [2.24, 2.45) is 11.8 Å². The van der Waals surface area contributed by atoms with Crippen LogP contribution in [0.25, 0.3) is 0 Å². The predicted octanol–water partition coefficient (Wildman–Crippen LogP) is 2.41. The van der Waals surface area contributed by atoms with E-state index in [0.717, 1.165) is 12.5 Å². The van der Waals surface area contributed by atoms with Crippen molar-refractivity contribution in [3.05, 3.63) is 29.6 Å². The van der Waals surface area contributed by atoms with E-state index >= 15 is 0 Å². The summed E-state index contributed by atoms with van der Waals surface area (Å²) in [6, 6.07) is 4.92. The van der Waals surface area contributed by atoms with Crippen LogP contribution in [-0.2, 0) is 6.61 Å². The molecule has 0 aliphatic heterocycles. The first kappa shape index (κ1) is 11.4. The first-order valence-corrected chi connectivity index (χ1v) is 5.72. The average molecular weight is 223 g/mol. The summed E-state index contributed by atoms with van der Waals surface area (Å²) >= 11 is 0. The molecule has 0 bridgehead atoms. The molecule has 1 N–H and O–H groups in total. The number of nitrogens with zero attached hydrogens (tertiary/aromatic N) is 1. The molecule has 0 radical (unpaired) electrons. The molecule has 1 aliphatic rings. The lowest BCUT2D eigenvalue weighted by Crippen LogP contribution is -2.21. The molecule has 1 aromatic rings. The number of benzene rings is 1. The van der Waals surface area contributed by atoms with E-state index in [-0.39, 0.29) is 12.4 Å². The first-order valence-electron chi connectivity index (χ1n) is 5.72. The molecular formula is C13H18FNO. The summed E-state index contributed by atoms with van der Waals surface area (Å²) in [5, 5.41) is 8.90. The van der Waals surface area contributed by atoms with Crippen LogP contribution >= 0.6 is 0 Å². The van der Waals surface area contributed by atoms with E-state index < -0.39 is 0 Å². The number of rotatable bonds is 4. The lowest BCUT2D eigenvalue weighted by atomic mass is 10.2. The Morgan fingerprint density at radius 1 is 1.50 bits per heavy atom. The summed E-state index contributed by atoms with van der Waals surface area (Å²) in [5.41, 5.74) is 1.24. The lowest BCUT2D eigenvalue weighted by molar-refractivity contribution is 0.281. The van der Waals surface area contributed by atoms with Gasteiger partial charge in [0.15, 0.2) is 0 Å². The Morgan fingerprint density at radius 3 is 2.69 bits per heavy atom. The molecule has 0 aromatic heterocycles. The first-order chi connectivity index (χ1) is 7.61. The maximum Gasteiger partial charge on any atom is 0.146 e. The van der Waals surface area contributed by atoms with Crippen molar-refractivity contribution in [3.8, 4) is 0 Å². The quantitative estimate of drug-likeness (QED) is 0.847. The minimum Gasteiger partial charge on any atom is -0.392 e. The number of aliphatic hydroxyl groups is 1. The highest BCUT2D eigenvalue weighted by Crippen LogP contribution is 2.38. The van der Waals surface area contributed by atoms with Crippen molar-refractivity contribution in [2.45, 2.75) is 20.0 Å². The Labute approximate surface area is 95.7 Å². The largest absolute Gasteiger partial charge is 0.392 e. The van der Waals surface area contributed by atoms with Gasteiger partial charge in [-0.3, -0.25) is 0 Å². The molecule has 0 amide bonds. The number of halogens is 1. The monoisotopic (exact) mass is 223 g/mol. The summed E-state index contributed by atoms with van der Waals surface area (Å²) in [6.45, 7) is 3.03. The Hall–Kier alpha value is -1.09. The number of aliphatic hydroxyl groups excluding tert-OH is 1. The Bertz CT molecular complexity index is 380. The fourth-order valence-electron chi connectivity index (χ4n) is 2.06. The summed E-state index contributed by atoms with van der Waals surface area (Å²) < 4.78 is 13.7. The van der Waals surface area contributed by atoms with Gasteiger partial charge in [0.2, 0.25) is 0 Å². The van der Waals surface area contributed by atoms with Gasteiger partial charge >= 0.3 is 0 Å². The predicted molar refractivity (Wildman–Crippen MR) is 62.9 cm³/mol. The van der Waals surface area contributed by atoms with Crippen LogP contribution in [0.5, 0.6) is 0 Å². The van der Waals surface area contributed by atoms with Gasteiger partial charge in [-0.05, 0) is 36.0 Å². The van der Waals surface area contributed by atoms with Crippen LogP contribution in [0.3, 0.4) is 0 Å². The topological polar surface area (TPSA) is 23.5 Å². The second kappa shape index (κ2) is 4.42. The van der Waals surface area contributed by atoms with Crippen LogP contribution in [0.4, 0.5) is 10.1 Å². The normalized spacial score (nSPS) is 23.2. The summed E-state index contributed by atoms with van der Waals surface area (Å²) in [5.74, 6) is 1.24. The van der Waals surface area contributed by atoms with Crippen molar-refractivity contribution in [2.75, 3.05) is 18.5 Å². The number of hydrogen-bond acceptors (Lipinski definition) is 2. The molecular weight excluding hydrogens is 205 g/mol. The Balaban J connectivity index is 2.07. The molecule has 1 aromatic carbocycles. The van der Waals surface area contributed by atoms with Crippen LogP contribution in [0, 0.1) is 17.7 Å². The molecule has 16 heavy (non-hydrogen) atoms. The molecule has 0 spiro atoms. The zero-order valence-corrected chi connectivity index (χ0v) is 9.78. The zero-order chi connectivity index (χ0) is 11.7. The van der Waals surface area contributed by atoms with Gasteiger partial charge in [0, 0.05) is 13.6 Å². The maximum atomic E-state index is 13.7. The molecule has 1 fully saturated rings. The second-order valence-electron chi connectivity index (χ2n) is 4.80. The fraction of sp³-hybridized carbons (Fsp3) is 0.538. The smallest absolute Gasteiger partial charge is 0.146 e. The third-order valence-electron chi connectivity index (χ3n) is 3.39. The molecule has 3 heteroatoms. The zero-order valence-electron chi connectivity index (χ0n) is 9.78. The van der Waals surface area contributed by atoms with Gasteiger partial charge in [-0.25, -0.2) is 4.39 Å². The van der Waals surface area contributed by atoms with Crippen molar-refractivity contribution < 1.29 is 9.50 Å². The molecule has 2 nitrogen and oxygen atoms in total. The van der Waals surface area contributed by atoms with Crippen LogP contribution < -0.4 is 4.90 Å². The van der Waals surface area contributed by atoms with Crippen molar-refractivity contribution in [1.82, 2.24) is 0 Å². The van der Waals surface area contributed by atoms with Gasteiger partial charge in [0.05, 0.1) is 12.3 Å². The molecule has 2 rings (SSSR count). The molecule has 88 valence electrons. The van der Waals surface area contributed by atoms with Gasteiger partial charge < -0.3 is 10.0 Å². The van der Waals surface area contributed by atoms with E-state index in [1.165, 1.54) is 12.5 Å². The molecule has 0 heterocycles. The van der Waals surface area contributed by atoms with Gasteiger partial charge in [-0.2, -0.15) is 0 Å². The van der Waals surface area contributed by atoms with E-state index in [2.05, 4.69) is 6.92 Å².